The zero-order chi connectivity index (χ0) is 22.4. The lowest BCUT2D eigenvalue weighted by molar-refractivity contribution is 0.102. The third-order valence-corrected chi connectivity index (χ3v) is 7.88. The van der Waals surface area contributed by atoms with Crippen LogP contribution in [0.2, 0.25) is 0 Å². The molecule has 1 fully saturated rings. The Bertz CT molecular complexity index is 1010. The monoisotopic (exact) mass is 443 g/mol. The molecule has 1 aliphatic rings. The number of anilines is 1. The van der Waals surface area contributed by atoms with Crippen LogP contribution in [0.25, 0.3) is 0 Å². The van der Waals surface area contributed by atoms with Crippen molar-refractivity contribution in [2.45, 2.75) is 51.5 Å². The Morgan fingerprint density at radius 3 is 2.42 bits per heavy atom. The fourth-order valence-corrected chi connectivity index (χ4v) is 5.53. The molecule has 1 amide bonds. The predicted octanol–water partition coefficient (Wildman–Crippen LogP) is 4.26. The number of likely N-dealkylation sites (tertiary alicyclic amines) is 1. The summed E-state index contributed by atoms with van der Waals surface area (Å²) in [6, 6.07) is 12.6. The van der Waals surface area contributed by atoms with Crippen molar-refractivity contribution in [3.63, 3.8) is 0 Å². The van der Waals surface area contributed by atoms with Gasteiger partial charge in [-0.15, -0.1) is 0 Å². The van der Waals surface area contributed by atoms with Gasteiger partial charge in [-0.05, 0) is 68.2 Å². The third-order valence-electron chi connectivity index (χ3n) is 5.84. The molecular weight excluding hydrogens is 410 g/mol. The van der Waals surface area contributed by atoms with Crippen molar-refractivity contribution in [1.82, 2.24) is 9.21 Å². The van der Waals surface area contributed by atoms with Crippen LogP contribution in [0.15, 0.2) is 47.4 Å². The van der Waals surface area contributed by atoms with E-state index < -0.39 is 10.0 Å². The Kier molecular flexibility index (Phi) is 7.86. The first-order valence-electron chi connectivity index (χ1n) is 11.1. The van der Waals surface area contributed by atoms with Crippen LogP contribution in [-0.2, 0) is 16.6 Å². The lowest BCUT2D eigenvalue weighted by atomic mass is 10.1. The summed E-state index contributed by atoms with van der Waals surface area (Å²) >= 11 is 0. The van der Waals surface area contributed by atoms with E-state index in [1.807, 2.05) is 25.1 Å². The van der Waals surface area contributed by atoms with E-state index in [4.69, 9.17) is 0 Å². The van der Waals surface area contributed by atoms with Crippen LogP contribution >= 0.6 is 0 Å². The van der Waals surface area contributed by atoms with Crippen LogP contribution in [0, 0.1) is 6.92 Å². The molecule has 0 radical (unpaired) electrons. The SMILES string of the molecule is CCN(CC)S(=O)(=O)c1ccc(C)c(C(=O)Nc2cccc(CN3CCCCC3)c2)c1. The standard InChI is InChI=1S/C24H33N3O3S/c1-4-27(5-2)31(29,30)22-13-12-19(3)23(17-22)24(28)25-21-11-9-10-20(16-21)18-26-14-7-6-8-15-26/h9-13,16-17H,4-8,14-15,18H2,1-3H3,(H,25,28). The molecule has 168 valence electrons. The predicted molar refractivity (Wildman–Crippen MR) is 125 cm³/mol. The Hall–Kier alpha value is -2.22. The van der Waals surface area contributed by atoms with Gasteiger partial charge in [0.05, 0.1) is 4.90 Å². The summed E-state index contributed by atoms with van der Waals surface area (Å²) in [5, 5.41) is 2.95. The summed E-state index contributed by atoms with van der Waals surface area (Å²) in [5.74, 6) is -0.302. The van der Waals surface area contributed by atoms with Gasteiger partial charge >= 0.3 is 0 Å². The van der Waals surface area contributed by atoms with Crippen LogP contribution in [0.3, 0.4) is 0 Å². The van der Waals surface area contributed by atoms with Crippen LogP contribution in [0.1, 0.15) is 54.6 Å². The number of sulfonamides is 1. The number of hydrogen-bond donors (Lipinski definition) is 1. The first-order chi connectivity index (χ1) is 14.8. The van der Waals surface area contributed by atoms with Crippen LogP contribution in [0.4, 0.5) is 5.69 Å². The van der Waals surface area contributed by atoms with Gasteiger partial charge in [-0.3, -0.25) is 9.69 Å². The highest BCUT2D eigenvalue weighted by molar-refractivity contribution is 7.89. The first-order valence-corrected chi connectivity index (χ1v) is 12.5. The van der Waals surface area contributed by atoms with E-state index in [0.717, 1.165) is 36.4 Å². The molecule has 3 rings (SSSR count). The van der Waals surface area contributed by atoms with Crippen molar-refractivity contribution in [2.24, 2.45) is 0 Å². The molecule has 0 saturated carbocycles. The minimum absolute atomic E-state index is 0.144. The van der Waals surface area contributed by atoms with Gasteiger partial charge in [0, 0.05) is 30.9 Å². The molecular formula is C24H33N3O3S. The molecule has 7 heteroatoms. The number of rotatable bonds is 8. The van der Waals surface area contributed by atoms with Gasteiger partial charge in [-0.2, -0.15) is 4.31 Å². The Morgan fingerprint density at radius 2 is 1.74 bits per heavy atom. The number of nitrogens with zero attached hydrogens (tertiary/aromatic N) is 2. The maximum Gasteiger partial charge on any atom is 0.255 e. The third kappa shape index (κ3) is 5.73. The maximum atomic E-state index is 13.0. The van der Waals surface area contributed by atoms with Crippen molar-refractivity contribution < 1.29 is 13.2 Å². The van der Waals surface area contributed by atoms with E-state index in [1.165, 1.54) is 29.6 Å². The number of aryl methyl sites for hydroxylation is 1. The van der Waals surface area contributed by atoms with Gasteiger partial charge in [-0.1, -0.05) is 38.5 Å². The normalized spacial score (nSPS) is 15.2. The Labute approximate surface area is 186 Å². The molecule has 0 bridgehead atoms. The minimum Gasteiger partial charge on any atom is -0.322 e. The zero-order valence-electron chi connectivity index (χ0n) is 18.7. The number of benzene rings is 2. The average molecular weight is 444 g/mol. The lowest BCUT2D eigenvalue weighted by Crippen LogP contribution is -2.30. The van der Waals surface area contributed by atoms with E-state index in [1.54, 1.807) is 26.0 Å². The molecule has 1 saturated heterocycles. The maximum absolute atomic E-state index is 13.0. The second kappa shape index (κ2) is 10.4. The molecule has 2 aromatic carbocycles. The van der Waals surface area contributed by atoms with E-state index in [0.29, 0.717) is 18.7 Å². The highest BCUT2D eigenvalue weighted by atomic mass is 32.2. The molecule has 0 atom stereocenters. The fourth-order valence-electron chi connectivity index (χ4n) is 4.04. The molecule has 0 spiro atoms. The largest absolute Gasteiger partial charge is 0.322 e. The number of hydrogen-bond acceptors (Lipinski definition) is 4. The fraction of sp³-hybridized carbons (Fsp3) is 0.458. The zero-order valence-corrected chi connectivity index (χ0v) is 19.5. The van der Waals surface area contributed by atoms with Crippen molar-refractivity contribution >= 4 is 21.6 Å². The van der Waals surface area contributed by atoms with Crippen LogP contribution < -0.4 is 5.32 Å². The molecule has 0 aliphatic carbocycles. The molecule has 1 N–H and O–H groups in total. The number of carbonyl (C=O) groups is 1. The number of carbonyl (C=O) groups excluding carboxylic acids is 1. The van der Waals surface area contributed by atoms with Crippen molar-refractivity contribution in [3.05, 3.63) is 59.2 Å². The summed E-state index contributed by atoms with van der Waals surface area (Å²) in [6.07, 6.45) is 3.78. The summed E-state index contributed by atoms with van der Waals surface area (Å²) in [4.78, 5) is 15.6. The van der Waals surface area contributed by atoms with Gasteiger partial charge < -0.3 is 5.32 Å². The van der Waals surface area contributed by atoms with E-state index in [9.17, 15) is 13.2 Å². The van der Waals surface area contributed by atoms with Gasteiger partial charge in [0.2, 0.25) is 10.0 Å². The topological polar surface area (TPSA) is 69.7 Å². The first kappa shape index (κ1) is 23.4. The smallest absolute Gasteiger partial charge is 0.255 e. The molecule has 2 aromatic rings. The minimum atomic E-state index is -3.62. The molecule has 31 heavy (non-hydrogen) atoms. The van der Waals surface area contributed by atoms with Gasteiger partial charge in [0.15, 0.2) is 0 Å². The average Bonchev–Trinajstić information content (AvgIpc) is 2.75. The highest BCUT2D eigenvalue weighted by Crippen LogP contribution is 2.22. The quantitative estimate of drug-likeness (QED) is 0.662. The van der Waals surface area contributed by atoms with Crippen molar-refractivity contribution in [2.75, 3.05) is 31.5 Å². The van der Waals surface area contributed by atoms with Crippen LogP contribution in [-0.4, -0.2) is 49.7 Å². The second-order valence-corrected chi connectivity index (χ2v) is 10.00. The summed E-state index contributed by atoms with van der Waals surface area (Å²) in [7, 11) is -3.62. The highest BCUT2D eigenvalue weighted by Gasteiger charge is 2.23. The molecule has 6 nitrogen and oxygen atoms in total. The summed E-state index contributed by atoms with van der Waals surface area (Å²) in [5.41, 5.74) is 2.99. The Balaban J connectivity index is 1.78. The van der Waals surface area contributed by atoms with E-state index >= 15 is 0 Å². The molecule has 1 aliphatic heterocycles. The van der Waals surface area contributed by atoms with Gasteiger partial charge in [-0.25, -0.2) is 8.42 Å². The lowest BCUT2D eigenvalue weighted by Gasteiger charge is -2.26. The molecule has 0 aromatic heterocycles. The summed E-state index contributed by atoms with van der Waals surface area (Å²) < 4.78 is 27.1. The van der Waals surface area contributed by atoms with Crippen molar-refractivity contribution in [3.8, 4) is 0 Å². The van der Waals surface area contributed by atoms with E-state index in [2.05, 4.69) is 16.3 Å². The number of nitrogens with one attached hydrogen (secondary N) is 1. The van der Waals surface area contributed by atoms with Crippen LogP contribution in [0.5, 0.6) is 0 Å². The van der Waals surface area contributed by atoms with Gasteiger partial charge in [0.25, 0.3) is 5.91 Å². The molecule has 1 heterocycles. The van der Waals surface area contributed by atoms with E-state index in [-0.39, 0.29) is 10.8 Å². The summed E-state index contributed by atoms with van der Waals surface area (Å²) in [6.45, 7) is 9.30. The van der Waals surface area contributed by atoms with Crippen molar-refractivity contribution in [1.29, 1.82) is 0 Å². The second-order valence-electron chi connectivity index (χ2n) is 8.06. The molecule has 0 unspecified atom stereocenters. The Morgan fingerprint density at radius 1 is 1.03 bits per heavy atom. The van der Waals surface area contributed by atoms with Gasteiger partial charge in [0.1, 0.15) is 0 Å². The number of piperidine rings is 1. The number of amides is 1.